The van der Waals surface area contributed by atoms with Crippen molar-refractivity contribution in [3.63, 3.8) is 0 Å². The first-order valence-corrected chi connectivity index (χ1v) is 8.90. The number of rotatable bonds is 5. The largest absolute Gasteiger partial charge is 0.371 e. The minimum Gasteiger partial charge on any atom is -0.371 e. The number of anilines is 2. The van der Waals surface area contributed by atoms with Gasteiger partial charge in [-0.15, -0.1) is 0 Å². The van der Waals surface area contributed by atoms with E-state index in [1.165, 1.54) is 18.2 Å². The molecule has 3 rings (SSSR count). The molecule has 27 heavy (non-hydrogen) atoms. The minimum atomic E-state index is -0.340. The third-order valence-corrected chi connectivity index (χ3v) is 4.67. The third kappa shape index (κ3) is 5.17. The van der Waals surface area contributed by atoms with E-state index < -0.39 is 0 Å². The van der Waals surface area contributed by atoms with Crippen molar-refractivity contribution in [1.29, 1.82) is 0 Å². The van der Waals surface area contributed by atoms with Gasteiger partial charge in [-0.3, -0.25) is 9.59 Å². The van der Waals surface area contributed by atoms with Crippen molar-refractivity contribution in [3.05, 3.63) is 66.0 Å². The van der Waals surface area contributed by atoms with Crippen molar-refractivity contribution in [1.82, 2.24) is 0 Å². The summed E-state index contributed by atoms with van der Waals surface area (Å²) in [6.07, 6.45) is 4.46. The lowest BCUT2D eigenvalue weighted by Gasteiger charge is -2.32. The highest BCUT2D eigenvalue weighted by Crippen LogP contribution is 2.24. The fraction of sp³-hybridized carbons (Fsp3) is 0.238. The van der Waals surface area contributed by atoms with Crippen molar-refractivity contribution in [2.24, 2.45) is 11.7 Å². The number of amides is 2. The van der Waals surface area contributed by atoms with Crippen molar-refractivity contribution >= 4 is 29.3 Å². The van der Waals surface area contributed by atoms with Crippen LogP contribution in [0.5, 0.6) is 0 Å². The molecule has 0 aromatic heterocycles. The van der Waals surface area contributed by atoms with Gasteiger partial charge in [-0.2, -0.15) is 0 Å². The monoisotopic (exact) mass is 367 g/mol. The average molecular weight is 367 g/mol. The number of halogens is 1. The van der Waals surface area contributed by atoms with E-state index >= 15 is 0 Å². The summed E-state index contributed by atoms with van der Waals surface area (Å²) in [6.45, 7) is 1.57. The summed E-state index contributed by atoms with van der Waals surface area (Å²) in [7, 11) is 0. The molecule has 1 aliphatic heterocycles. The molecule has 1 heterocycles. The Labute approximate surface area is 157 Å². The molecular weight excluding hydrogens is 345 g/mol. The number of carbonyl (C=O) groups is 2. The number of hydrogen-bond donors (Lipinski definition) is 2. The first kappa shape index (κ1) is 18.6. The molecule has 0 aliphatic carbocycles. The molecule has 2 aromatic rings. The van der Waals surface area contributed by atoms with E-state index in [1.54, 1.807) is 18.2 Å². The smallest absolute Gasteiger partial charge is 0.248 e. The Morgan fingerprint density at radius 1 is 1.11 bits per heavy atom. The molecular formula is C21H22FN3O2. The zero-order chi connectivity index (χ0) is 19.2. The number of primary amides is 1. The van der Waals surface area contributed by atoms with Gasteiger partial charge < -0.3 is 16.0 Å². The molecule has 1 fully saturated rings. The van der Waals surface area contributed by atoms with E-state index in [0.717, 1.165) is 31.6 Å². The molecule has 0 radical (unpaired) electrons. The lowest BCUT2D eigenvalue weighted by atomic mass is 9.96. The maximum atomic E-state index is 13.1. The summed E-state index contributed by atoms with van der Waals surface area (Å²) in [5.41, 5.74) is 7.72. The van der Waals surface area contributed by atoms with Crippen molar-refractivity contribution in [2.45, 2.75) is 12.8 Å². The van der Waals surface area contributed by atoms with Gasteiger partial charge in [-0.05, 0) is 60.9 Å². The molecule has 0 saturated carbocycles. The highest BCUT2D eigenvalue weighted by atomic mass is 19.1. The normalized spacial score (nSPS) is 15.1. The summed E-state index contributed by atoms with van der Waals surface area (Å²) >= 11 is 0. The van der Waals surface area contributed by atoms with Crippen molar-refractivity contribution < 1.29 is 14.0 Å². The van der Waals surface area contributed by atoms with Gasteiger partial charge in [0.1, 0.15) is 5.82 Å². The molecule has 140 valence electrons. The molecule has 1 aliphatic rings. The van der Waals surface area contributed by atoms with Crippen LogP contribution in [0.3, 0.4) is 0 Å². The zero-order valence-electron chi connectivity index (χ0n) is 14.9. The van der Waals surface area contributed by atoms with Crippen LogP contribution in [-0.4, -0.2) is 24.9 Å². The van der Waals surface area contributed by atoms with Crippen LogP contribution >= 0.6 is 0 Å². The molecule has 5 nitrogen and oxygen atoms in total. The lowest BCUT2D eigenvalue weighted by molar-refractivity contribution is -0.122. The quantitative estimate of drug-likeness (QED) is 0.797. The Hall–Kier alpha value is -3.15. The topological polar surface area (TPSA) is 75.4 Å². The summed E-state index contributed by atoms with van der Waals surface area (Å²) < 4.78 is 13.1. The Morgan fingerprint density at radius 3 is 2.44 bits per heavy atom. The summed E-state index contributed by atoms with van der Waals surface area (Å²) in [5.74, 6) is -0.883. The van der Waals surface area contributed by atoms with Gasteiger partial charge >= 0.3 is 0 Å². The minimum absolute atomic E-state index is 0.0373. The number of nitrogens with two attached hydrogens (primary N) is 1. The first-order chi connectivity index (χ1) is 13.0. The van der Waals surface area contributed by atoms with Gasteiger partial charge in [0.25, 0.3) is 0 Å². The van der Waals surface area contributed by atoms with Gasteiger partial charge in [0.2, 0.25) is 11.8 Å². The van der Waals surface area contributed by atoms with Crippen molar-refractivity contribution in [2.75, 3.05) is 23.3 Å². The number of carbonyl (C=O) groups excluding carboxylic acids is 2. The van der Waals surface area contributed by atoms with Crippen LogP contribution in [0.25, 0.3) is 6.08 Å². The van der Waals surface area contributed by atoms with E-state index in [0.29, 0.717) is 11.3 Å². The highest BCUT2D eigenvalue weighted by Gasteiger charge is 2.23. The van der Waals surface area contributed by atoms with E-state index in [1.807, 2.05) is 24.3 Å². The number of hydrogen-bond acceptors (Lipinski definition) is 3. The summed E-state index contributed by atoms with van der Waals surface area (Å²) in [5, 5.41) is 2.78. The second-order valence-electron chi connectivity index (χ2n) is 6.59. The Morgan fingerprint density at radius 2 is 1.81 bits per heavy atom. The zero-order valence-corrected chi connectivity index (χ0v) is 14.9. The maximum Gasteiger partial charge on any atom is 0.248 e. The molecule has 0 bridgehead atoms. The molecule has 6 heteroatoms. The van der Waals surface area contributed by atoms with Gasteiger partial charge in [0.15, 0.2) is 0 Å². The number of benzene rings is 2. The van der Waals surface area contributed by atoms with Crippen LogP contribution in [0.1, 0.15) is 18.4 Å². The predicted molar refractivity (Wildman–Crippen MR) is 105 cm³/mol. The first-order valence-electron chi connectivity index (χ1n) is 8.90. The molecule has 0 unspecified atom stereocenters. The molecule has 0 spiro atoms. The predicted octanol–water partition coefficient (Wildman–Crippen LogP) is 3.18. The molecule has 2 amide bonds. The second kappa shape index (κ2) is 8.49. The molecule has 2 aromatic carbocycles. The number of nitrogens with one attached hydrogen (secondary N) is 1. The van der Waals surface area contributed by atoms with E-state index in [4.69, 9.17) is 5.73 Å². The van der Waals surface area contributed by atoms with E-state index in [2.05, 4.69) is 10.2 Å². The van der Waals surface area contributed by atoms with E-state index in [9.17, 15) is 14.0 Å². The molecule has 3 N–H and O–H groups in total. The Balaban J connectivity index is 1.54. The van der Waals surface area contributed by atoms with Crippen LogP contribution in [0, 0.1) is 11.7 Å². The maximum absolute atomic E-state index is 13.1. The van der Waals surface area contributed by atoms with Crippen LogP contribution in [0.15, 0.2) is 54.6 Å². The fourth-order valence-electron chi connectivity index (χ4n) is 3.14. The number of piperidine rings is 1. The Kier molecular flexibility index (Phi) is 5.86. The summed E-state index contributed by atoms with van der Waals surface area (Å²) in [6, 6.07) is 13.6. The SMILES string of the molecule is NC(=O)C1CCN(c2ccc(NC(=O)/C=C/c3cccc(F)c3)cc2)CC1. The van der Waals surface area contributed by atoms with E-state index in [-0.39, 0.29) is 23.5 Å². The Bertz CT molecular complexity index is 841. The third-order valence-electron chi connectivity index (χ3n) is 4.67. The summed E-state index contributed by atoms with van der Waals surface area (Å²) in [4.78, 5) is 25.5. The van der Waals surface area contributed by atoms with Gasteiger partial charge in [-0.25, -0.2) is 4.39 Å². The average Bonchev–Trinajstić information content (AvgIpc) is 2.67. The van der Waals surface area contributed by atoms with Gasteiger partial charge in [0.05, 0.1) is 0 Å². The van der Waals surface area contributed by atoms with Gasteiger partial charge in [0, 0.05) is 36.5 Å². The van der Waals surface area contributed by atoms with Crippen LogP contribution in [0.2, 0.25) is 0 Å². The standard InChI is InChI=1S/C21H22FN3O2/c22-17-3-1-2-15(14-17)4-9-20(26)24-18-5-7-19(8-6-18)25-12-10-16(11-13-25)21(23)27/h1-9,14,16H,10-13H2,(H2,23,27)(H,24,26)/b9-4+. The van der Waals surface area contributed by atoms with Crippen LogP contribution < -0.4 is 16.0 Å². The lowest BCUT2D eigenvalue weighted by Crippen LogP contribution is -2.38. The van der Waals surface area contributed by atoms with Crippen LogP contribution in [-0.2, 0) is 9.59 Å². The molecule has 0 atom stereocenters. The van der Waals surface area contributed by atoms with Crippen LogP contribution in [0.4, 0.5) is 15.8 Å². The highest BCUT2D eigenvalue weighted by molar-refractivity contribution is 6.02. The van der Waals surface area contributed by atoms with Gasteiger partial charge in [-0.1, -0.05) is 12.1 Å². The second-order valence-corrected chi connectivity index (χ2v) is 6.59. The number of nitrogens with zero attached hydrogens (tertiary/aromatic N) is 1. The molecule has 1 saturated heterocycles. The van der Waals surface area contributed by atoms with Crippen molar-refractivity contribution in [3.8, 4) is 0 Å². The fourth-order valence-corrected chi connectivity index (χ4v) is 3.14.